The van der Waals surface area contributed by atoms with Crippen LogP contribution in [0.25, 0.3) is 32.6 Å². The number of aryl methyl sites for hydroxylation is 3. The number of nitrogens with zero attached hydrogens (tertiary/aromatic N) is 1. The zero-order chi connectivity index (χ0) is 20.9. The van der Waals surface area contributed by atoms with Gasteiger partial charge >= 0.3 is 0 Å². The predicted octanol–water partition coefficient (Wildman–Crippen LogP) is 6.22. The van der Waals surface area contributed by atoms with E-state index < -0.39 is 9.84 Å². The van der Waals surface area contributed by atoms with Crippen molar-refractivity contribution in [3.63, 3.8) is 0 Å². The lowest BCUT2D eigenvalue weighted by molar-refractivity contribution is 0.602. The highest BCUT2D eigenvalue weighted by atomic mass is 32.2. The highest BCUT2D eigenvalue weighted by Gasteiger charge is 2.21. The van der Waals surface area contributed by atoms with Gasteiger partial charge < -0.3 is 0 Å². The van der Waals surface area contributed by atoms with Gasteiger partial charge in [0.05, 0.1) is 10.6 Å². The number of sulfone groups is 1. The quantitative estimate of drug-likeness (QED) is 0.385. The van der Waals surface area contributed by atoms with E-state index in [0.29, 0.717) is 4.90 Å². The van der Waals surface area contributed by atoms with E-state index in [-0.39, 0.29) is 0 Å². The van der Waals surface area contributed by atoms with E-state index in [0.717, 1.165) is 28.9 Å². The summed E-state index contributed by atoms with van der Waals surface area (Å²) in [6, 6.07) is 17.9. The Morgan fingerprint density at radius 2 is 1.70 bits per heavy atom. The van der Waals surface area contributed by atoms with Crippen molar-refractivity contribution in [2.75, 3.05) is 6.26 Å². The smallest absolute Gasteiger partial charge is 0.175 e. The fraction of sp³-hybridized carbons (Fsp3) is 0.240. The van der Waals surface area contributed by atoms with Crippen molar-refractivity contribution < 1.29 is 8.42 Å². The molecular formula is C25H23NO2S2. The fourth-order valence-electron chi connectivity index (χ4n) is 4.32. The number of hydrogen-bond acceptors (Lipinski definition) is 4. The molecule has 3 nitrogen and oxygen atoms in total. The molecule has 5 rings (SSSR count). The maximum Gasteiger partial charge on any atom is 0.175 e. The Morgan fingerprint density at radius 1 is 0.933 bits per heavy atom. The van der Waals surface area contributed by atoms with Crippen molar-refractivity contribution >= 4 is 31.4 Å². The molecule has 0 N–H and O–H groups in total. The Bertz CT molecular complexity index is 1370. The SMILES string of the molecule is Cc1cccc(-c2cc(-c3ccc(S(C)(=O)=O)cc3)nc3sc4c(c23)CCCC4)c1. The predicted molar refractivity (Wildman–Crippen MR) is 125 cm³/mol. The molecule has 0 radical (unpaired) electrons. The van der Waals surface area contributed by atoms with Crippen LogP contribution >= 0.6 is 11.3 Å². The van der Waals surface area contributed by atoms with Crippen molar-refractivity contribution in [1.82, 2.24) is 4.98 Å². The van der Waals surface area contributed by atoms with Crippen LogP contribution in [0.2, 0.25) is 0 Å². The van der Waals surface area contributed by atoms with E-state index in [1.807, 2.05) is 23.5 Å². The van der Waals surface area contributed by atoms with Crippen molar-refractivity contribution in [2.45, 2.75) is 37.5 Å². The third-order valence-electron chi connectivity index (χ3n) is 5.83. The average Bonchev–Trinajstić information content (AvgIpc) is 3.11. The Hall–Kier alpha value is -2.50. The Labute approximate surface area is 181 Å². The first kappa shape index (κ1) is 19.5. The van der Waals surface area contributed by atoms with Gasteiger partial charge in [0, 0.05) is 22.1 Å². The summed E-state index contributed by atoms with van der Waals surface area (Å²) in [6.07, 6.45) is 5.98. The molecule has 1 aliphatic rings. The van der Waals surface area contributed by atoms with E-state index in [2.05, 4.69) is 37.3 Å². The molecule has 0 bridgehead atoms. The van der Waals surface area contributed by atoms with Crippen LogP contribution in [-0.2, 0) is 22.7 Å². The first-order valence-corrected chi connectivity index (χ1v) is 12.9. The molecule has 0 aliphatic heterocycles. The highest BCUT2D eigenvalue weighted by molar-refractivity contribution is 7.90. The molecule has 0 saturated heterocycles. The minimum atomic E-state index is -3.21. The third-order valence-corrected chi connectivity index (χ3v) is 8.15. The first-order chi connectivity index (χ1) is 14.4. The lowest BCUT2D eigenvalue weighted by Gasteiger charge is -2.14. The second kappa shape index (κ2) is 7.33. The largest absolute Gasteiger partial charge is 0.237 e. The summed E-state index contributed by atoms with van der Waals surface area (Å²) >= 11 is 1.82. The molecule has 30 heavy (non-hydrogen) atoms. The zero-order valence-electron chi connectivity index (χ0n) is 17.1. The van der Waals surface area contributed by atoms with Crippen molar-refractivity contribution in [1.29, 1.82) is 0 Å². The highest BCUT2D eigenvalue weighted by Crippen LogP contribution is 2.42. The Kier molecular flexibility index (Phi) is 4.75. The molecule has 0 atom stereocenters. The molecule has 5 heteroatoms. The van der Waals surface area contributed by atoms with Crippen LogP contribution in [0.5, 0.6) is 0 Å². The van der Waals surface area contributed by atoms with E-state index >= 15 is 0 Å². The monoisotopic (exact) mass is 433 g/mol. The fourth-order valence-corrected chi connectivity index (χ4v) is 6.24. The summed E-state index contributed by atoms with van der Waals surface area (Å²) < 4.78 is 23.6. The number of fused-ring (bicyclic) bond motifs is 3. The van der Waals surface area contributed by atoms with Gasteiger partial charge in [-0.1, -0.05) is 42.0 Å². The van der Waals surface area contributed by atoms with Crippen LogP contribution < -0.4 is 0 Å². The first-order valence-electron chi connectivity index (χ1n) is 10.2. The molecule has 0 fully saturated rings. The maximum absolute atomic E-state index is 11.8. The van der Waals surface area contributed by atoms with Crippen LogP contribution in [0.1, 0.15) is 28.8 Å². The molecule has 2 heterocycles. The summed E-state index contributed by atoms with van der Waals surface area (Å²) in [5.41, 5.74) is 6.97. The third kappa shape index (κ3) is 3.46. The minimum absolute atomic E-state index is 0.331. The van der Waals surface area contributed by atoms with E-state index in [9.17, 15) is 8.42 Å². The van der Waals surface area contributed by atoms with Gasteiger partial charge in [-0.25, -0.2) is 13.4 Å². The lowest BCUT2D eigenvalue weighted by Crippen LogP contribution is -1.99. The molecule has 2 aromatic carbocycles. The normalized spacial score (nSPS) is 14.1. The van der Waals surface area contributed by atoms with Crippen LogP contribution in [0, 0.1) is 6.92 Å². The zero-order valence-corrected chi connectivity index (χ0v) is 18.7. The molecule has 1 aliphatic carbocycles. The van der Waals surface area contributed by atoms with E-state index in [1.54, 1.807) is 12.1 Å². The topological polar surface area (TPSA) is 47.0 Å². The van der Waals surface area contributed by atoms with E-state index in [4.69, 9.17) is 4.98 Å². The molecule has 2 aromatic heterocycles. The molecule has 152 valence electrons. The lowest BCUT2D eigenvalue weighted by atomic mass is 9.91. The van der Waals surface area contributed by atoms with Gasteiger partial charge in [0.25, 0.3) is 0 Å². The molecule has 0 unspecified atom stereocenters. The van der Waals surface area contributed by atoms with Gasteiger partial charge in [-0.3, -0.25) is 0 Å². The van der Waals surface area contributed by atoms with Crippen LogP contribution in [0.15, 0.2) is 59.5 Å². The van der Waals surface area contributed by atoms with Gasteiger partial charge in [-0.2, -0.15) is 0 Å². The number of rotatable bonds is 3. The molecule has 0 saturated carbocycles. The summed E-state index contributed by atoms with van der Waals surface area (Å²) in [5, 5.41) is 1.30. The maximum atomic E-state index is 11.8. The minimum Gasteiger partial charge on any atom is -0.237 e. The van der Waals surface area contributed by atoms with Gasteiger partial charge in [-0.15, -0.1) is 11.3 Å². The second-order valence-corrected chi connectivity index (χ2v) is 11.2. The molecule has 0 amide bonds. The number of pyridine rings is 1. The molecule has 0 spiro atoms. The molecule has 4 aromatic rings. The summed E-state index contributed by atoms with van der Waals surface area (Å²) in [7, 11) is -3.21. The van der Waals surface area contributed by atoms with E-state index in [1.165, 1.54) is 51.6 Å². The number of hydrogen-bond donors (Lipinski definition) is 0. The number of thiophene rings is 1. The Morgan fingerprint density at radius 3 is 2.43 bits per heavy atom. The second-order valence-electron chi connectivity index (χ2n) is 8.11. The number of aromatic nitrogens is 1. The summed E-state index contributed by atoms with van der Waals surface area (Å²) in [5.74, 6) is 0. The average molecular weight is 434 g/mol. The van der Waals surface area contributed by atoms with Crippen molar-refractivity contribution in [3.8, 4) is 22.4 Å². The molecular weight excluding hydrogens is 410 g/mol. The standard InChI is InChI=1S/C25H23NO2S2/c1-16-6-5-7-18(14-16)21-15-22(17-10-12-19(13-11-17)30(2,27)28)26-25-24(21)20-8-3-4-9-23(20)29-25/h5-7,10-15H,3-4,8-9H2,1-2H3. The van der Waals surface area contributed by atoms with Crippen LogP contribution in [0.3, 0.4) is 0 Å². The van der Waals surface area contributed by atoms with Crippen LogP contribution in [-0.4, -0.2) is 19.7 Å². The van der Waals surface area contributed by atoms with Crippen molar-refractivity contribution in [2.24, 2.45) is 0 Å². The summed E-state index contributed by atoms with van der Waals surface area (Å²) in [4.78, 5) is 7.91. The van der Waals surface area contributed by atoms with Gasteiger partial charge in [0.2, 0.25) is 0 Å². The van der Waals surface area contributed by atoms with Crippen LogP contribution in [0.4, 0.5) is 0 Å². The Balaban J connectivity index is 1.75. The van der Waals surface area contributed by atoms with Gasteiger partial charge in [0.15, 0.2) is 9.84 Å². The van der Waals surface area contributed by atoms with Crippen molar-refractivity contribution in [3.05, 3.63) is 70.6 Å². The van der Waals surface area contributed by atoms with Gasteiger partial charge in [0.1, 0.15) is 4.83 Å². The summed E-state index contributed by atoms with van der Waals surface area (Å²) in [6.45, 7) is 2.12. The van der Waals surface area contributed by atoms with Gasteiger partial charge in [-0.05, 0) is 67.5 Å². The number of benzene rings is 2.